The number of carbonyl (C=O) groups excluding carboxylic acids is 1. The van der Waals surface area contributed by atoms with Gasteiger partial charge in [-0.1, -0.05) is 24.3 Å². The first-order valence-corrected chi connectivity index (χ1v) is 5.32. The fourth-order valence-corrected chi connectivity index (χ4v) is 2.01. The molecule has 0 spiro atoms. The van der Waals surface area contributed by atoms with Crippen LogP contribution in [-0.4, -0.2) is 11.9 Å². The van der Waals surface area contributed by atoms with Crippen LogP contribution in [0.2, 0.25) is 0 Å². The normalized spacial score (nSPS) is 20.8. The van der Waals surface area contributed by atoms with Crippen LogP contribution in [0.15, 0.2) is 24.3 Å². The molecule has 1 unspecified atom stereocenters. The van der Waals surface area contributed by atoms with E-state index in [1.54, 1.807) is 6.92 Å². The predicted octanol–water partition coefficient (Wildman–Crippen LogP) is 1.14. The molecule has 0 saturated carbocycles. The van der Waals surface area contributed by atoms with Crippen LogP contribution in [-0.2, 0) is 11.2 Å². The van der Waals surface area contributed by atoms with Gasteiger partial charge in [0.15, 0.2) is 0 Å². The van der Waals surface area contributed by atoms with Crippen LogP contribution >= 0.6 is 0 Å². The molecule has 1 aliphatic carbocycles. The number of benzene rings is 1. The highest BCUT2D eigenvalue weighted by Crippen LogP contribution is 2.30. The van der Waals surface area contributed by atoms with Crippen molar-refractivity contribution in [2.45, 2.75) is 31.8 Å². The van der Waals surface area contributed by atoms with Gasteiger partial charge in [0.1, 0.15) is 0 Å². The van der Waals surface area contributed by atoms with Gasteiger partial charge >= 0.3 is 0 Å². The minimum atomic E-state index is -0.433. The van der Waals surface area contributed by atoms with E-state index in [-0.39, 0.29) is 11.9 Å². The lowest BCUT2D eigenvalue weighted by Gasteiger charge is -2.15. The quantitative estimate of drug-likeness (QED) is 0.759. The molecule has 0 bridgehead atoms. The van der Waals surface area contributed by atoms with Gasteiger partial charge in [-0.2, -0.15) is 0 Å². The lowest BCUT2D eigenvalue weighted by atomic mass is 10.1. The Morgan fingerprint density at radius 1 is 1.53 bits per heavy atom. The van der Waals surface area contributed by atoms with E-state index in [9.17, 15) is 4.79 Å². The van der Waals surface area contributed by atoms with E-state index in [1.807, 2.05) is 12.1 Å². The Morgan fingerprint density at radius 2 is 2.27 bits per heavy atom. The van der Waals surface area contributed by atoms with E-state index in [4.69, 9.17) is 5.73 Å². The summed E-state index contributed by atoms with van der Waals surface area (Å²) in [5.74, 6) is -0.0725. The minimum Gasteiger partial charge on any atom is -0.348 e. The van der Waals surface area contributed by atoms with Crippen molar-refractivity contribution in [3.05, 3.63) is 35.4 Å². The van der Waals surface area contributed by atoms with E-state index in [0.717, 1.165) is 12.8 Å². The topological polar surface area (TPSA) is 55.1 Å². The highest BCUT2D eigenvalue weighted by molar-refractivity contribution is 5.81. The average Bonchev–Trinajstić information content (AvgIpc) is 2.62. The van der Waals surface area contributed by atoms with Gasteiger partial charge in [-0.3, -0.25) is 4.79 Å². The van der Waals surface area contributed by atoms with Crippen molar-refractivity contribution in [3.63, 3.8) is 0 Å². The molecule has 1 aliphatic rings. The highest BCUT2D eigenvalue weighted by Gasteiger charge is 2.23. The molecule has 1 aromatic rings. The van der Waals surface area contributed by atoms with Gasteiger partial charge in [-0.05, 0) is 30.9 Å². The van der Waals surface area contributed by atoms with Gasteiger partial charge in [-0.15, -0.1) is 0 Å². The minimum absolute atomic E-state index is 0.0725. The first-order chi connectivity index (χ1) is 7.18. The second kappa shape index (κ2) is 4.03. The molecule has 2 rings (SSSR count). The second-order valence-electron chi connectivity index (χ2n) is 4.09. The number of rotatable bonds is 2. The Bertz CT molecular complexity index is 374. The average molecular weight is 204 g/mol. The lowest BCUT2D eigenvalue weighted by Crippen LogP contribution is -2.39. The van der Waals surface area contributed by atoms with Crippen LogP contribution in [0.3, 0.4) is 0 Å². The second-order valence-corrected chi connectivity index (χ2v) is 4.09. The summed E-state index contributed by atoms with van der Waals surface area (Å²) in [5, 5.41) is 2.97. The SMILES string of the molecule is C[C@H](N)C(=O)NC1CCc2ccccc21. The number of nitrogens with one attached hydrogen (secondary N) is 1. The van der Waals surface area contributed by atoms with Crippen molar-refractivity contribution in [1.82, 2.24) is 5.32 Å². The van der Waals surface area contributed by atoms with Gasteiger partial charge in [0.25, 0.3) is 0 Å². The maximum atomic E-state index is 11.5. The first-order valence-electron chi connectivity index (χ1n) is 5.32. The summed E-state index contributed by atoms with van der Waals surface area (Å²) >= 11 is 0. The lowest BCUT2D eigenvalue weighted by molar-refractivity contribution is -0.122. The Balaban J connectivity index is 2.11. The fraction of sp³-hybridized carbons (Fsp3) is 0.417. The van der Waals surface area contributed by atoms with Crippen molar-refractivity contribution in [1.29, 1.82) is 0 Å². The molecule has 0 radical (unpaired) electrons. The molecule has 0 saturated heterocycles. The van der Waals surface area contributed by atoms with Crippen LogP contribution in [0, 0.1) is 0 Å². The number of aryl methyl sites for hydroxylation is 1. The molecule has 0 heterocycles. The zero-order valence-electron chi connectivity index (χ0n) is 8.86. The maximum Gasteiger partial charge on any atom is 0.237 e. The Hall–Kier alpha value is -1.35. The van der Waals surface area contributed by atoms with Crippen molar-refractivity contribution in [2.24, 2.45) is 5.73 Å². The van der Waals surface area contributed by atoms with Crippen LogP contribution < -0.4 is 11.1 Å². The summed E-state index contributed by atoms with van der Waals surface area (Å²) in [6, 6.07) is 7.96. The Labute approximate surface area is 89.7 Å². The third-order valence-corrected chi connectivity index (χ3v) is 2.86. The molecule has 2 atom stereocenters. The summed E-state index contributed by atoms with van der Waals surface area (Å²) in [6.45, 7) is 1.70. The molecule has 3 nitrogen and oxygen atoms in total. The summed E-state index contributed by atoms with van der Waals surface area (Å²) in [5.41, 5.74) is 8.10. The monoisotopic (exact) mass is 204 g/mol. The third kappa shape index (κ3) is 2.02. The largest absolute Gasteiger partial charge is 0.348 e. The molecule has 80 valence electrons. The highest BCUT2D eigenvalue weighted by atomic mass is 16.2. The number of fused-ring (bicyclic) bond motifs is 1. The molecule has 1 amide bonds. The summed E-state index contributed by atoms with van der Waals surface area (Å²) in [6.07, 6.45) is 2.03. The van der Waals surface area contributed by atoms with Crippen LogP contribution in [0.5, 0.6) is 0 Å². The van der Waals surface area contributed by atoms with E-state index < -0.39 is 6.04 Å². The van der Waals surface area contributed by atoms with Gasteiger partial charge in [0, 0.05) is 0 Å². The molecular weight excluding hydrogens is 188 g/mol. The zero-order chi connectivity index (χ0) is 10.8. The zero-order valence-corrected chi connectivity index (χ0v) is 8.86. The van der Waals surface area contributed by atoms with Gasteiger partial charge < -0.3 is 11.1 Å². The van der Waals surface area contributed by atoms with E-state index in [0.29, 0.717) is 0 Å². The molecule has 0 fully saturated rings. The molecule has 3 N–H and O–H groups in total. The summed E-state index contributed by atoms with van der Waals surface area (Å²) in [4.78, 5) is 11.5. The fourth-order valence-electron chi connectivity index (χ4n) is 2.01. The molecule has 1 aromatic carbocycles. The van der Waals surface area contributed by atoms with Crippen molar-refractivity contribution in [3.8, 4) is 0 Å². The molecular formula is C12H16N2O. The number of hydrogen-bond acceptors (Lipinski definition) is 2. The number of hydrogen-bond donors (Lipinski definition) is 2. The van der Waals surface area contributed by atoms with Crippen LogP contribution in [0.1, 0.15) is 30.5 Å². The third-order valence-electron chi connectivity index (χ3n) is 2.86. The summed E-state index contributed by atoms with van der Waals surface area (Å²) < 4.78 is 0. The van der Waals surface area contributed by atoms with E-state index in [2.05, 4.69) is 17.4 Å². The Kier molecular flexibility index (Phi) is 2.73. The number of nitrogens with two attached hydrogens (primary N) is 1. The molecule has 15 heavy (non-hydrogen) atoms. The van der Waals surface area contributed by atoms with Gasteiger partial charge in [0.2, 0.25) is 5.91 Å². The van der Waals surface area contributed by atoms with Crippen molar-refractivity contribution < 1.29 is 4.79 Å². The van der Waals surface area contributed by atoms with Gasteiger partial charge in [0.05, 0.1) is 12.1 Å². The van der Waals surface area contributed by atoms with Crippen molar-refractivity contribution >= 4 is 5.91 Å². The predicted molar refractivity (Wildman–Crippen MR) is 59.3 cm³/mol. The Morgan fingerprint density at radius 3 is 3.00 bits per heavy atom. The van der Waals surface area contributed by atoms with E-state index >= 15 is 0 Å². The number of carbonyl (C=O) groups is 1. The summed E-state index contributed by atoms with van der Waals surface area (Å²) in [7, 11) is 0. The van der Waals surface area contributed by atoms with E-state index in [1.165, 1.54) is 11.1 Å². The van der Waals surface area contributed by atoms with Crippen LogP contribution in [0.25, 0.3) is 0 Å². The smallest absolute Gasteiger partial charge is 0.237 e. The molecule has 3 heteroatoms. The molecule has 0 aromatic heterocycles. The van der Waals surface area contributed by atoms with Gasteiger partial charge in [-0.25, -0.2) is 0 Å². The molecule has 0 aliphatic heterocycles. The van der Waals surface area contributed by atoms with Crippen molar-refractivity contribution in [2.75, 3.05) is 0 Å². The van der Waals surface area contributed by atoms with Crippen LogP contribution in [0.4, 0.5) is 0 Å². The maximum absolute atomic E-state index is 11.5. The standard InChI is InChI=1S/C12H16N2O/c1-8(13)12(15)14-11-7-6-9-4-2-3-5-10(9)11/h2-5,8,11H,6-7,13H2,1H3,(H,14,15)/t8-,11?/m0/s1. The first kappa shape index (κ1) is 10.2. The number of amides is 1.